The van der Waals surface area contributed by atoms with Crippen LogP contribution in [-0.2, 0) is 9.84 Å². The molecule has 0 saturated heterocycles. The van der Waals surface area contributed by atoms with Crippen molar-refractivity contribution in [3.05, 3.63) is 81.6 Å². The third-order valence-corrected chi connectivity index (χ3v) is 6.57. The lowest BCUT2D eigenvalue weighted by atomic mass is 10.1. The summed E-state index contributed by atoms with van der Waals surface area (Å²) < 4.78 is 26.3. The Balaban J connectivity index is 1.82. The topological polar surface area (TPSA) is 68.2 Å². The summed E-state index contributed by atoms with van der Waals surface area (Å²) in [7, 11) is -3.24. The number of benzene rings is 2. The highest BCUT2D eigenvalue weighted by Crippen LogP contribution is 2.23. The van der Waals surface area contributed by atoms with Gasteiger partial charge in [-0.2, -0.15) is 0 Å². The van der Waals surface area contributed by atoms with Crippen molar-refractivity contribution in [3.63, 3.8) is 0 Å². The number of rotatable bonds is 5. The molecule has 7 heteroatoms. The van der Waals surface area contributed by atoms with Gasteiger partial charge in [0.15, 0.2) is 9.84 Å². The molecular formula is C22H23BrN2O3S. The van der Waals surface area contributed by atoms with E-state index in [-0.39, 0.29) is 16.8 Å². The Labute approximate surface area is 179 Å². The lowest BCUT2D eigenvalue weighted by molar-refractivity contribution is 0.0939. The van der Waals surface area contributed by atoms with Gasteiger partial charge in [-0.25, -0.2) is 8.42 Å². The van der Waals surface area contributed by atoms with Crippen molar-refractivity contribution < 1.29 is 13.2 Å². The molecule has 0 saturated carbocycles. The third kappa shape index (κ3) is 4.62. The first kappa shape index (κ1) is 21.3. The van der Waals surface area contributed by atoms with Gasteiger partial charge in [-0.3, -0.25) is 4.79 Å². The van der Waals surface area contributed by atoms with Crippen molar-refractivity contribution in [2.75, 3.05) is 6.26 Å². The van der Waals surface area contributed by atoms with Gasteiger partial charge in [-0.1, -0.05) is 28.1 Å². The Morgan fingerprint density at radius 1 is 1.03 bits per heavy atom. The van der Waals surface area contributed by atoms with Crippen LogP contribution in [0.2, 0.25) is 0 Å². The molecule has 0 aliphatic rings. The molecule has 1 N–H and O–H groups in total. The van der Waals surface area contributed by atoms with Crippen LogP contribution in [-0.4, -0.2) is 25.1 Å². The lowest BCUT2D eigenvalue weighted by Crippen LogP contribution is -2.27. The summed E-state index contributed by atoms with van der Waals surface area (Å²) in [6.07, 6.45) is 1.18. The number of aryl methyl sites for hydroxylation is 1. The standard InChI is InChI=1S/C22H23BrN2O3S/c1-14-13-21(16(3)25(14)19-9-7-18(23)8-10-19)22(26)24-15(2)17-5-11-20(12-6-17)29(4,27)28/h5-13,15H,1-4H3,(H,24,26). The van der Waals surface area contributed by atoms with E-state index < -0.39 is 9.84 Å². The van der Waals surface area contributed by atoms with Crippen LogP contribution < -0.4 is 5.32 Å². The Morgan fingerprint density at radius 2 is 1.62 bits per heavy atom. The predicted octanol–water partition coefficient (Wildman–Crippen LogP) is 4.75. The molecule has 0 aliphatic heterocycles. The van der Waals surface area contributed by atoms with Gasteiger partial charge < -0.3 is 9.88 Å². The Kier molecular flexibility index (Phi) is 6.00. The van der Waals surface area contributed by atoms with Gasteiger partial charge in [-0.05, 0) is 68.8 Å². The molecule has 0 aliphatic carbocycles. The van der Waals surface area contributed by atoms with Gasteiger partial charge in [-0.15, -0.1) is 0 Å². The summed E-state index contributed by atoms with van der Waals surface area (Å²) >= 11 is 3.44. The third-order valence-electron chi connectivity index (χ3n) is 4.92. The summed E-state index contributed by atoms with van der Waals surface area (Å²) in [5.74, 6) is -0.166. The number of carbonyl (C=O) groups is 1. The molecule has 5 nitrogen and oxygen atoms in total. The quantitative estimate of drug-likeness (QED) is 0.579. The van der Waals surface area contributed by atoms with E-state index >= 15 is 0 Å². The molecule has 3 aromatic rings. The molecule has 2 aromatic carbocycles. The summed E-state index contributed by atoms with van der Waals surface area (Å²) in [4.78, 5) is 13.2. The van der Waals surface area contributed by atoms with E-state index in [9.17, 15) is 13.2 Å². The molecule has 0 spiro atoms. The molecule has 1 heterocycles. The highest BCUT2D eigenvalue weighted by atomic mass is 79.9. The molecule has 29 heavy (non-hydrogen) atoms. The Hall–Kier alpha value is -2.38. The molecule has 0 radical (unpaired) electrons. The maximum absolute atomic E-state index is 12.9. The molecule has 1 amide bonds. The fraction of sp³-hybridized carbons (Fsp3) is 0.227. The van der Waals surface area contributed by atoms with Gasteiger partial charge in [0.25, 0.3) is 5.91 Å². The number of carbonyl (C=O) groups excluding carboxylic acids is 1. The Bertz CT molecular complexity index is 1150. The van der Waals surface area contributed by atoms with Crippen LogP contribution >= 0.6 is 15.9 Å². The van der Waals surface area contributed by atoms with Crippen LogP contribution in [0.4, 0.5) is 0 Å². The van der Waals surface area contributed by atoms with Crippen LogP contribution in [0.25, 0.3) is 5.69 Å². The molecule has 152 valence electrons. The number of hydrogen-bond donors (Lipinski definition) is 1. The second-order valence-corrected chi connectivity index (χ2v) is 10.1. The van der Waals surface area contributed by atoms with Crippen LogP contribution in [0.15, 0.2) is 64.0 Å². The first-order chi connectivity index (χ1) is 13.6. The number of nitrogens with one attached hydrogen (secondary N) is 1. The zero-order valence-corrected chi connectivity index (χ0v) is 19.1. The molecule has 0 fully saturated rings. The first-order valence-corrected chi connectivity index (χ1v) is 11.8. The SMILES string of the molecule is Cc1cc(C(=O)NC(C)c2ccc(S(C)(=O)=O)cc2)c(C)n1-c1ccc(Br)cc1. The van der Waals surface area contributed by atoms with Gasteiger partial charge in [0, 0.05) is 27.8 Å². The van der Waals surface area contributed by atoms with E-state index in [0.29, 0.717) is 5.56 Å². The highest BCUT2D eigenvalue weighted by Gasteiger charge is 2.19. The zero-order valence-electron chi connectivity index (χ0n) is 16.7. The average Bonchev–Trinajstić information content (AvgIpc) is 2.96. The van der Waals surface area contributed by atoms with E-state index in [1.165, 1.54) is 6.26 Å². The first-order valence-electron chi connectivity index (χ1n) is 9.13. The Morgan fingerprint density at radius 3 is 2.17 bits per heavy atom. The minimum Gasteiger partial charge on any atom is -0.345 e. The van der Waals surface area contributed by atoms with Crippen molar-refractivity contribution in [2.24, 2.45) is 0 Å². The van der Waals surface area contributed by atoms with Crippen LogP contribution in [0.5, 0.6) is 0 Å². The number of amides is 1. The maximum Gasteiger partial charge on any atom is 0.253 e. The summed E-state index contributed by atoms with van der Waals surface area (Å²) in [5.41, 5.74) is 4.28. The smallest absolute Gasteiger partial charge is 0.253 e. The van der Waals surface area contributed by atoms with Gasteiger partial charge in [0.05, 0.1) is 16.5 Å². The van der Waals surface area contributed by atoms with Crippen LogP contribution in [0, 0.1) is 13.8 Å². The largest absolute Gasteiger partial charge is 0.345 e. The number of aromatic nitrogens is 1. The summed E-state index contributed by atoms with van der Waals surface area (Å²) in [5, 5.41) is 3.00. The van der Waals surface area contributed by atoms with Gasteiger partial charge in [0.1, 0.15) is 0 Å². The number of hydrogen-bond acceptors (Lipinski definition) is 3. The van der Waals surface area contributed by atoms with E-state index in [0.717, 1.165) is 27.1 Å². The number of halogens is 1. The second-order valence-electron chi connectivity index (χ2n) is 7.13. The van der Waals surface area contributed by atoms with E-state index in [1.807, 2.05) is 55.7 Å². The molecule has 1 atom stereocenters. The van der Waals surface area contributed by atoms with Crippen molar-refractivity contribution in [3.8, 4) is 5.69 Å². The van der Waals surface area contributed by atoms with Crippen molar-refractivity contribution in [1.29, 1.82) is 0 Å². The molecule has 0 bridgehead atoms. The van der Waals surface area contributed by atoms with Gasteiger partial charge in [0.2, 0.25) is 0 Å². The van der Waals surface area contributed by atoms with Gasteiger partial charge >= 0.3 is 0 Å². The highest BCUT2D eigenvalue weighted by molar-refractivity contribution is 9.10. The minimum atomic E-state index is -3.24. The summed E-state index contributed by atoms with van der Waals surface area (Å²) in [6, 6.07) is 16.1. The van der Waals surface area contributed by atoms with E-state index in [4.69, 9.17) is 0 Å². The minimum absolute atomic E-state index is 0.166. The van der Waals surface area contributed by atoms with Crippen molar-refractivity contribution >= 4 is 31.7 Å². The lowest BCUT2D eigenvalue weighted by Gasteiger charge is -2.15. The van der Waals surface area contributed by atoms with Crippen molar-refractivity contribution in [1.82, 2.24) is 9.88 Å². The molecule has 1 aromatic heterocycles. The molecular weight excluding hydrogens is 452 g/mol. The van der Waals surface area contributed by atoms with E-state index in [2.05, 4.69) is 21.2 Å². The number of nitrogens with zero attached hydrogens (tertiary/aromatic N) is 1. The monoisotopic (exact) mass is 474 g/mol. The normalized spacial score (nSPS) is 12.6. The number of sulfone groups is 1. The summed E-state index contributed by atoms with van der Waals surface area (Å²) in [6.45, 7) is 5.77. The zero-order chi connectivity index (χ0) is 21.3. The second kappa shape index (κ2) is 8.16. The van der Waals surface area contributed by atoms with Crippen LogP contribution in [0.3, 0.4) is 0 Å². The fourth-order valence-corrected chi connectivity index (χ4v) is 4.24. The van der Waals surface area contributed by atoms with Crippen molar-refractivity contribution in [2.45, 2.75) is 31.7 Å². The fourth-order valence-electron chi connectivity index (χ4n) is 3.34. The van der Waals surface area contributed by atoms with E-state index in [1.54, 1.807) is 24.3 Å². The molecule has 3 rings (SSSR count). The molecule has 1 unspecified atom stereocenters. The van der Waals surface area contributed by atoms with Crippen LogP contribution in [0.1, 0.15) is 40.3 Å². The maximum atomic E-state index is 12.9. The average molecular weight is 475 g/mol. The predicted molar refractivity (Wildman–Crippen MR) is 118 cm³/mol.